The fourth-order valence-corrected chi connectivity index (χ4v) is 4.69. The molecule has 166 valence electrons. The van der Waals surface area contributed by atoms with Gasteiger partial charge in [0.25, 0.3) is 0 Å². The zero-order valence-corrected chi connectivity index (χ0v) is 20.4. The first-order valence-corrected chi connectivity index (χ1v) is 11.7. The van der Waals surface area contributed by atoms with E-state index in [-0.39, 0.29) is 5.11 Å². The molecule has 4 aromatic rings. The minimum absolute atomic E-state index is 0.131. The third-order valence-corrected chi connectivity index (χ3v) is 6.45. The number of rotatable bonds is 5. The number of anilines is 1. The molecule has 3 aromatic carbocycles. The molecule has 4 rings (SSSR count). The Morgan fingerprint density at radius 2 is 1.94 bits per heavy atom. The maximum atomic E-state index is 12.3. The largest absolute Gasteiger partial charge is 0.495 e. The number of halogens is 2. The normalized spacial score (nSPS) is 11.0. The van der Waals surface area contributed by atoms with Crippen molar-refractivity contribution in [1.82, 2.24) is 10.3 Å². The number of hydrogen-bond acceptors (Lipinski definition) is 5. The van der Waals surface area contributed by atoms with Gasteiger partial charge in [0, 0.05) is 21.7 Å². The quantitative estimate of drug-likeness (QED) is 0.226. The molecule has 1 amide bonds. The van der Waals surface area contributed by atoms with Gasteiger partial charge >= 0.3 is 0 Å². The molecule has 2 N–H and O–H groups in total. The van der Waals surface area contributed by atoms with Gasteiger partial charge in [-0.3, -0.25) is 10.1 Å². The predicted molar refractivity (Wildman–Crippen MR) is 141 cm³/mol. The van der Waals surface area contributed by atoms with E-state index in [1.54, 1.807) is 42.7 Å². The molecule has 1 heterocycles. The highest BCUT2D eigenvalue weighted by Crippen LogP contribution is 2.34. The molecule has 1 aromatic heterocycles. The standard InChI is InChI=1S/C24H17Cl2N3O2S2/c1-31-20-10-7-15(23-27-18-4-2-3-5-21(18)33-23)12-19(20)28-24(32)29-22(30)11-8-14-6-9-16(25)13-17(14)26/h2-13H,1H3,(H2,28,29,30,32)/b11-8+. The van der Waals surface area contributed by atoms with Crippen LogP contribution in [0.25, 0.3) is 26.9 Å². The molecule has 5 nitrogen and oxygen atoms in total. The monoisotopic (exact) mass is 513 g/mol. The Kier molecular flexibility index (Phi) is 7.25. The molecule has 0 aliphatic rings. The van der Waals surface area contributed by atoms with Crippen LogP contribution in [-0.2, 0) is 4.79 Å². The summed E-state index contributed by atoms with van der Waals surface area (Å²) in [6.45, 7) is 0. The number of benzene rings is 3. The number of fused-ring (bicyclic) bond motifs is 1. The lowest BCUT2D eigenvalue weighted by atomic mass is 10.2. The molecule has 0 unspecified atom stereocenters. The summed E-state index contributed by atoms with van der Waals surface area (Å²) >= 11 is 18.9. The number of para-hydroxylation sites is 1. The summed E-state index contributed by atoms with van der Waals surface area (Å²) in [7, 11) is 1.57. The first-order chi connectivity index (χ1) is 15.9. The Morgan fingerprint density at radius 3 is 2.70 bits per heavy atom. The second-order valence-electron chi connectivity index (χ2n) is 6.84. The third-order valence-electron chi connectivity index (χ3n) is 4.60. The smallest absolute Gasteiger partial charge is 0.250 e. The van der Waals surface area contributed by atoms with Crippen LogP contribution in [0.4, 0.5) is 5.69 Å². The predicted octanol–water partition coefficient (Wildman–Crippen LogP) is 6.81. The van der Waals surface area contributed by atoms with E-state index in [2.05, 4.69) is 10.6 Å². The summed E-state index contributed by atoms with van der Waals surface area (Å²) in [5.41, 5.74) is 3.13. The number of amides is 1. The minimum atomic E-state index is -0.403. The Hall–Kier alpha value is -2.97. The average Bonchev–Trinajstić information content (AvgIpc) is 3.23. The van der Waals surface area contributed by atoms with Crippen LogP contribution in [0, 0.1) is 0 Å². The van der Waals surface area contributed by atoms with Crippen LogP contribution in [0.2, 0.25) is 10.0 Å². The summed E-state index contributed by atoms with van der Waals surface area (Å²) in [4.78, 5) is 17.0. The van der Waals surface area contributed by atoms with E-state index in [0.29, 0.717) is 27.0 Å². The van der Waals surface area contributed by atoms with Gasteiger partial charge in [-0.25, -0.2) is 4.98 Å². The average molecular weight is 514 g/mol. The van der Waals surface area contributed by atoms with Crippen molar-refractivity contribution in [3.05, 3.63) is 82.3 Å². The summed E-state index contributed by atoms with van der Waals surface area (Å²) in [6.07, 6.45) is 2.93. The van der Waals surface area contributed by atoms with E-state index in [9.17, 15) is 4.79 Å². The molecule has 0 atom stereocenters. The summed E-state index contributed by atoms with van der Waals surface area (Å²) in [6, 6.07) is 18.6. The third kappa shape index (κ3) is 5.69. The molecule has 0 radical (unpaired) electrons. The van der Waals surface area contributed by atoms with Crippen molar-refractivity contribution in [2.45, 2.75) is 0 Å². The second-order valence-corrected chi connectivity index (χ2v) is 9.13. The van der Waals surface area contributed by atoms with Gasteiger partial charge in [-0.15, -0.1) is 11.3 Å². The van der Waals surface area contributed by atoms with E-state index >= 15 is 0 Å². The van der Waals surface area contributed by atoms with Crippen LogP contribution in [0.5, 0.6) is 5.75 Å². The molecule has 0 aliphatic carbocycles. The number of ether oxygens (including phenoxy) is 1. The first kappa shape index (κ1) is 23.2. The van der Waals surface area contributed by atoms with Crippen molar-refractivity contribution in [3.8, 4) is 16.3 Å². The van der Waals surface area contributed by atoms with Crippen LogP contribution in [0.1, 0.15) is 5.56 Å². The molecule has 0 saturated heterocycles. The van der Waals surface area contributed by atoms with Crippen molar-refractivity contribution in [2.75, 3.05) is 12.4 Å². The maximum Gasteiger partial charge on any atom is 0.250 e. The van der Waals surface area contributed by atoms with Gasteiger partial charge in [0.2, 0.25) is 5.91 Å². The molecule has 33 heavy (non-hydrogen) atoms. The van der Waals surface area contributed by atoms with Gasteiger partial charge < -0.3 is 10.1 Å². The summed E-state index contributed by atoms with van der Waals surface area (Å²) in [5, 5.41) is 7.62. The number of carbonyl (C=O) groups excluding carboxylic acids is 1. The SMILES string of the molecule is COc1ccc(-c2nc3ccccc3s2)cc1NC(=S)NC(=O)/C=C/c1ccc(Cl)cc1Cl. The Morgan fingerprint density at radius 1 is 1.12 bits per heavy atom. The van der Waals surface area contributed by atoms with E-state index in [4.69, 9.17) is 45.1 Å². The highest BCUT2D eigenvalue weighted by Gasteiger charge is 2.12. The van der Waals surface area contributed by atoms with Crippen molar-refractivity contribution >= 4 is 79.8 Å². The lowest BCUT2D eigenvalue weighted by Gasteiger charge is -2.13. The molecule has 9 heteroatoms. The molecular weight excluding hydrogens is 497 g/mol. The van der Waals surface area contributed by atoms with Crippen LogP contribution in [0.15, 0.2) is 66.7 Å². The Bertz CT molecular complexity index is 1350. The second kappa shape index (κ2) is 10.3. The Balaban J connectivity index is 1.48. The van der Waals surface area contributed by atoms with Gasteiger partial charge in [0.1, 0.15) is 10.8 Å². The molecule has 0 bridgehead atoms. The molecule has 0 fully saturated rings. The number of thiazole rings is 1. The zero-order chi connectivity index (χ0) is 23.4. The number of carbonyl (C=O) groups is 1. The van der Waals surface area contributed by atoms with Crippen molar-refractivity contribution in [2.24, 2.45) is 0 Å². The van der Waals surface area contributed by atoms with Crippen LogP contribution in [-0.4, -0.2) is 23.1 Å². The maximum absolute atomic E-state index is 12.3. The lowest BCUT2D eigenvalue weighted by molar-refractivity contribution is -0.115. The number of nitrogens with zero attached hydrogens (tertiary/aromatic N) is 1. The van der Waals surface area contributed by atoms with Crippen LogP contribution >= 0.6 is 46.8 Å². The number of hydrogen-bond donors (Lipinski definition) is 2. The van der Waals surface area contributed by atoms with E-state index in [1.165, 1.54) is 6.08 Å². The molecule has 0 saturated carbocycles. The van der Waals surface area contributed by atoms with Crippen LogP contribution in [0.3, 0.4) is 0 Å². The fraction of sp³-hybridized carbons (Fsp3) is 0.0417. The number of methoxy groups -OCH3 is 1. The molecular formula is C24H17Cl2N3O2S2. The van der Waals surface area contributed by atoms with Gasteiger partial charge in [0.05, 0.1) is 23.0 Å². The summed E-state index contributed by atoms with van der Waals surface area (Å²) in [5.74, 6) is 0.180. The van der Waals surface area contributed by atoms with Crippen molar-refractivity contribution in [1.29, 1.82) is 0 Å². The van der Waals surface area contributed by atoms with Crippen molar-refractivity contribution < 1.29 is 9.53 Å². The first-order valence-electron chi connectivity index (χ1n) is 9.72. The van der Waals surface area contributed by atoms with Crippen LogP contribution < -0.4 is 15.4 Å². The van der Waals surface area contributed by atoms with E-state index in [1.807, 2.05) is 42.5 Å². The van der Waals surface area contributed by atoms with Gasteiger partial charge in [-0.05, 0) is 66.3 Å². The topological polar surface area (TPSA) is 63.2 Å². The Labute approximate surface area is 210 Å². The van der Waals surface area contributed by atoms with E-state index in [0.717, 1.165) is 20.8 Å². The zero-order valence-electron chi connectivity index (χ0n) is 17.3. The molecule has 0 spiro atoms. The molecule has 0 aliphatic heterocycles. The van der Waals surface area contributed by atoms with Gasteiger partial charge in [-0.2, -0.15) is 0 Å². The highest BCUT2D eigenvalue weighted by atomic mass is 35.5. The number of thiocarbonyl (C=S) groups is 1. The van der Waals surface area contributed by atoms with Gasteiger partial charge in [0.15, 0.2) is 5.11 Å². The highest BCUT2D eigenvalue weighted by molar-refractivity contribution is 7.80. The van der Waals surface area contributed by atoms with Crippen molar-refractivity contribution in [3.63, 3.8) is 0 Å². The van der Waals surface area contributed by atoms with E-state index < -0.39 is 5.91 Å². The number of nitrogens with one attached hydrogen (secondary N) is 2. The lowest BCUT2D eigenvalue weighted by Crippen LogP contribution is -2.32. The fourth-order valence-electron chi connectivity index (χ4n) is 3.04. The summed E-state index contributed by atoms with van der Waals surface area (Å²) < 4.78 is 6.54. The minimum Gasteiger partial charge on any atom is -0.495 e. The van der Waals surface area contributed by atoms with Gasteiger partial charge in [-0.1, -0.05) is 41.4 Å². The number of aromatic nitrogens is 1.